The van der Waals surface area contributed by atoms with Crippen molar-refractivity contribution < 1.29 is 13.5 Å². The Hall–Kier alpha value is -1.51. The first-order chi connectivity index (χ1) is 8.04. The molecule has 0 saturated carbocycles. The van der Waals surface area contributed by atoms with Crippen LogP contribution in [0.4, 0.5) is 0 Å². The Bertz CT molecular complexity index is 622. The van der Waals surface area contributed by atoms with Crippen LogP contribution in [0.2, 0.25) is 0 Å². The number of hydrogen-bond acceptors (Lipinski definition) is 5. The maximum atomic E-state index is 12.0. The molecule has 0 amide bonds. The minimum absolute atomic E-state index is 0.0408. The van der Waals surface area contributed by atoms with Crippen LogP contribution in [0.1, 0.15) is 6.92 Å². The van der Waals surface area contributed by atoms with Gasteiger partial charge in [0.25, 0.3) is 10.0 Å². The van der Waals surface area contributed by atoms with E-state index >= 15 is 0 Å². The largest absolute Gasteiger partial charge is 0.395 e. The van der Waals surface area contributed by atoms with Gasteiger partial charge in [0.1, 0.15) is 0 Å². The van der Waals surface area contributed by atoms with Gasteiger partial charge in [0.05, 0.1) is 12.0 Å². The van der Waals surface area contributed by atoms with Gasteiger partial charge in [-0.1, -0.05) is 0 Å². The average Bonchev–Trinajstić information content (AvgIpc) is 2.72. The lowest BCUT2D eigenvalue weighted by Gasteiger charge is -2.09. The summed E-state index contributed by atoms with van der Waals surface area (Å²) in [5.41, 5.74) is 0.338. The Balaban J connectivity index is 2.46. The highest BCUT2D eigenvalue weighted by molar-refractivity contribution is 7.89. The molecule has 2 rings (SSSR count). The molecule has 0 aliphatic rings. The summed E-state index contributed by atoms with van der Waals surface area (Å²) in [7, 11) is -3.72. The van der Waals surface area contributed by atoms with Crippen LogP contribution in [0, 0.1) is 0 Å². The molecule has 0 saturated heterocycles. The maximum absolute atomic E-state index is 12.0. The molecule has 0 unspecified atom stereocenters. The van der Waals surface area contributed by atoms with Crippen LogP contribution in [0.5, 0.6) is 0 Å². The van der Waals surface area contributed by atoms with Crippen molar-refractivity contribution in [1.82, 2.24) is 19.9 Å². The van der Waals surface area contributed by atoms with Crippen LogP contribution in [-0.4, -0.2) is 41.4 Å². The molecule has 2 aromatic rings. The van der Waals surface area contributed by atoms with E-state index in [2.05, 4.69) is 19.9 Å². The molecule has 8 heteroatoms. The van der Waals surface area contributed by atoms with Gasteiger partial charge in [0.2, 0.25) is 0 Å². The standard InChI is InChI=1S/C9H12N4O3S/c1-6(5-14)13-17(15,16)9-7-3-2-4-10-8(7)11-12-9/h2-4,6,13-14H,5H2,1H3,(H,10,11,12)/t6-/m0/s1. The van der Waals surface area contributed by atoms with E-state index in [-0.39, 0.29) is 11.6 Å². The third kappa shape index (κ3) is 2.28. The molecule has 2 heterocycles. The molecule has 0 aromatic carbocycles. The van der Waals surface area contributed by atoms with E-state index in [4.69, 9.17) is 5.11 Å². The number of nitrogens with zero attached hydrogens (tertiary/aromatic N) is 2. The first-order valence-corrected chi connectivity index (χ1v) is 6.45. The Morgan fingerprint density at radius 1 is 1.59 bits per heavy atom. The van der Waals surface area contributed by atoms with Crippen molar-refractivity contribution >= 4 is 21.1 Å². The summed E-state index contributed by atoms with van der Waals surface area (Å²) in [6, 6.07) is 2.69. The average molecular weight is 256 g/mol. The van der Waals surface area contributed by atoms with Gasteiger partial charge in [-0.25, -0.2) is 18.1 Å². The summed E-state index contributed by atoms with van der Waals surface area (Å²) in [6.07, 6.45) is 1.53. The van der Waals surface area contributed by atoms with Gasteiger partial charge in [-0.15, -0.1) is 0 Å². The highest BCUT2D eigenvalue weighted by Crippen LogP contribution is 2.17. The highest BCUT2D eigenvalue weighted by atomic mass is 32.2. The normalized spacial score (nSPS) is 14.0. The fourth-order valence-electron chi connectivity index (χ4n) is 1.39. The van der Waals surface area contributed by atoms with Gasteiger partial charge < -0.3 is 5.11 Å². The molecule has 0 aliphatic carbocycles. The molecule has 0 fully saturated rings. The SMILES string of the molecule is C[C@@H](CO)NS(=O)(=O)c1[nH]nc2ncccc12. The summed E-state index contributed by atoms with van der Waals surface area (Å²) in [6.45, 7) is 1.29. The van der Waals surface area contributed by atoms with E-state index < -0.39 is 16.1 Å². The van der Waals surface area contributed by atoms with Crippen LogP contribution >= 0.6 is 0 Å². The van der Waals surface area contributed by atoms with Crippen molar-refractivity contribution in [3.05, 3.63) is 18.3 Å². The van der Waals surface area contributed by atoms with E-state index in [1.54, 1.807) is 19.1 Å². The molecular formula is C9H12N4O3S. The second-order valence-corrected chi connectivity index (χ2v) is 5.28. The van der Waals surface area contributed by atoms with Crippen molar-refractivity contribution in [2.45, 2.75) is 18.0 Å². The van der Waals surface area contributed by atoms with Crippen molar-refractivity contribution in [1.29, 1.82) is 0 Å². The molecular weight excluding hydrogens is 244 g/mol. The lowest BCUT2D eigenvalue weighted by atomic mass is 10.4. The molecule has 92 valence electrons. The summed E-state index contributed by atoms with van der Waals surface area (Å²) < 4.78 is 26.2. The first-order valence-electron chi connectivity index (χ1n) is 4.97. The van der Waals surface area contributed by atoms with Crippen LogP contribution in [0.3, 0.4) is 0 Å². The Kier molecular flexibility index (Phi) is 3.09. The van der Waals surface area contributed by atoms with E-state index in [0.717, 1.165) is 0 Å². The smallest absolute Gasteiger partial charge is 0.258 e. The van der Waals surface area contributed by atoms with Crippen LogP contribution < -0.4 is 4.72 Å². The molecule has 0 aliphatic heterocycles. The summed E-state index contributed by atoms with van der Waals surface area (Å²) >= 11 is 0. The predicted molar refractivity (Wildman–Crippen MR) is 60.8 cm³/mol. The number of aromatic nitrogens is 3. The number of nitrogens with one attached hydrogen (secondary N) is 2. The second-order valence-electron chi connectivity index (χ2n) is 3.63. The highest BCUT2D eigenvalue weighted by Gasteiger charge is 2.22. The number of hydrogen-bond donors (Lipinski definition) is 3. The van der Waals surface area contributed by atoms with Gasteiger partial charge in [0, 0.05) is 12.2 Å². The predicted octanol–water partition coefficient (Wildman–Crippen LogP) is -0.383. The monoisotopic (exact) mass is 256 g/mol. The topological polar surface area (TPSA) is 108 Å². The number of fused-ring (bicyclic) bond motifs is 1. The third-order valence-electron chi connectivity index (χ3n) is 2.19. The molecule has 3 N–H and O–H groups in total. The van der Waals surface area contributed by atoms with E-state index in [9.17, 15) is 8.42 Å². The van der Waals surface area contributed by atoms with E-state index in [1.807, 2.05) is 0 Å². The Labute approximate surface area is 97.9 Å². The zero-order valence-corrected chi connectivity index (χ0v) is 9.90. The maximum Gasteiger partial charge on any atom is 0.258 e. The van der Waals surface area contributed by atoms with Crippen molar-refractivity contribution in [3.63, 3.8) is 0 Å². The fraction of sp³-hybridized carbons (Fsp3) is 0.333. The van der Waals surface area contributed by atoms with Gasteiger partial charge in [-0.05, 0) is 19.1 Å². The Morgan fingerprint density at radius 2 is 2.35 bits per heavy atom. The minimum atomic E-state index is -3.72. The molecule has 0 bridgehead atoms. The molecule has 0 spiro atoms. The van der Waals surface area contributed by atoms with Gasteiger partial charge in [0.15, 0.2) is 10.7 Å². The van der Waals surface area contributed by atoms with Crippen molar-refractivity contribution in [2.24, 2.45) is 0 Å². The second kappa shape index (κ2) is 4.40. The minimum Gasteiger partial charge on any atom is -0.395 e. The van der Waals surface area contributed by atoms with Crippen LogP contribution in [0.15, 0.2) is 23.4 Å². The molecule has 1 atom stereocenters. The Morgan fingerprint density at radius 3 is 3.06 bits per heavy atom. The van der Waals surface area contributed by atoms with Crippen molar-refractivity contribution in [2.75, 3.05) is 6.61 Å². The van der Waals surface area contributed by atoms with Crippen LogP contribution in [0.25, 0.3) is 11.0 Å². The third-order valence-corrected chi connectivity index (χ3v) is 3.75. The number of H-pyrrole nitrogens is 1. The van der Waals surface area contributed by atoms with Gasteiger partial charge >= 0.3 is 0 Å². The summed E-state index contributed by atoms with van der Waals surface area (Å²) in [5, 5.41) is 15.5. The number of aromatic amines is 1. The number of aliphatic hydroxyl groups excluding tert-OH is 1. The van der Waals surface area contributed by atoms with Crippen molar-refractivity contribution in [3.8, 4) is 0 Å². The lowest BCUT2D eigenvalue weighted by molar-refractivity contribution is 0.265. The quantitative estimate of drug-likeness (QED) is 0.691. The summed E-state index contributed by atoms with van der Waals surface area (Å²) in [4.78, 5) is 3.93. The first kappa shape index (κ1) is 12.0. The molecule has 2 aromatic heterocycles. The zero-order chi connectivity index (χ0) is 12.5. The summed E-state index contributed by atoms with van der Waals surface area (Å²) in [5.74, 6) is 0. The fourth-order valence-corrected chi connectivity index (χ4v) is 2.73. The van der Waals surface area contributed by atoms with Gasteiger partial charge in [-0.2, -0.15) is 5.10 Å². The number of rotatable bonds is 4. The molecule has 0 radical (unpaired) electrons. The number of sulfonamides is 1. The van der Waals surface area contributed by atoms with Crippen LogP contribution in [-0.2, 0) is 10.0 Å². The number of aliphatic hydroxyl groups is 1. The molecule has 17 heavy (non-hydrogen) atoms. The molecule has 7 nitrogen and oxygen atoms in total. The van der Waals surface area contributed by atoms with Gasteiger partial charge in [-0.3, -0.25) is 5.10 Å². The van der Waals surface area contributed by atoms with E-state index in [0.29, 0.717) is 11.0 Å². The number of pyridine rings is 1. The van der Waals surface area contributed by atoms with E-state index in [1.165, 1.54) is 6.20 Å². The zero-order valence-electron chi connectivity index (χ0n) is 9.08. The lowest BCUT2D eigenvalue weighted by Crippen LogP contribution is -2.35.